The lowest BCUT2D eigenvalue weighted by Gasteiger charge is -2.40. The van der Waals surface area contributed by atoms with Crippen molar-refractivity contribution in [2.45, 2.75) is 82.1 Å². The van der Waals surface area contributed by atoms with Gasteiger partial charge in [-0.05, 0) is 67.0 Å². The number of hydrogen-bond acceptors (Lipinski definition) is 0. The summed E-state index contributed by atoms with van der Waals surface area (Å²) in [5, 5.41) is 6.07. The van der Waals surface area contributed by atoms with Gasteiger partial charge in [0.05, 0.1) is 0 Å². The molecule has 0 bridgehead atoms. The Bertz CT molecular complexity index is 1460. The normalized spacial score (nSPS) is 12.0. The van der Waals surface area contributed by atoms with E-state index in [1.807, 2.05) is 69.2 Å². The second kappa shape index (κ2) is 18.1. The zero-order valence-corrected chi connectivity index (χ0v) is 29.5. The summed E-state index contributed by atoms with van der Waals surface area (Å²) in [6.07, 6.45) is 2.05. The van der Waals surface area contributed by atoms with E-state index in [1.54, 1.807) is 10.4 Å². The molecule has 1 aliphatic carbocycles. The summed E-state index contributed by atoms with van der Waals surface area (Å²) in [5.74, 6) is 0. The average molecular weight is 587 g/mol. The maximum Gasteiger partial charge on any atom is 0.180 e. The highest BCUT2D eigenvalue weighted by atomic mass is 28.3. The van der Waals surface area contributed by atoms with Crippen molar-refractivity contribution >= 4 is 28.8 Å². The van der Waals surface area contributed by atoms with Crippen LogP contribution in [0.4, 0.5) is 0 Å². The molecule has 0 saturated carbocycles. The van der Waals surface area contributed by atoms with E-state index in [2.05, 4.69) is 121 Å². The number of rotatable bonds is 2. The van der Waals surface area contributed by atoms with Crippen molar-refractivity contribution in [3.05, 3.63) is 144 Å². The van der Waals surface area contributed by atoms with E-state index in [9.17, 15) is 0 Å². The van der Waals surface area contributed by atoms with E-state index >= 15 is 0 Å². The molecule has 0 unspecified atom stereocenters. The summed E-state index contributed by atoms with van der Waals surface area (Å²) < 4.78 is 0. The van der Waals surface area contributed by atoms with Crippen LogP contribution in [-0.2, 0) is 12.8 Å². The summed E-state index contributed by atoms with van der Waals surface area (Å²) in [5.41, 5.74) is 8.78. The summed E-state index contributed by atoms with van der Waals surface area (Å²) in [6.45, 7) is 20.0. The summed E-state index contributed by atoms with van der Waals surface area (Å²) in [7, 11) is -2.42. The van der Waals surface area contributed by atoms with E-state index < -0.39 is 8.07 Å². The van der Waals surface area contributed by atoms with Crippen LogP contribution in [0, 0.1) is 0 Å². The van der Waals surface area contributed by atoms with Gasteiger partial charge in [0.25, 0.3) is 0 Å². The highest BCUT2D eigenvalue weighted by molar-refractivity contribution is 7.20. The van der Waals surface area contributed by atoms with Gasteiger partial charge in [0.1, 0.15) is 0 Å². The first-order chi connectivity index (χ1) is 21.4. The molecule has 0 nitrogen and oxygen atoms in total. The van der Waals surface area contributed by atoms with Gasteiger partial charge in [-0.15, -0.1) is 0 Å². The van der Waals surface area contributed by atoms with E-state index in [0.29, 0.717) is 0 Å². The second-order valence-electron chi connectivity index (χ2n) is 9.32. The third-order valence-corrected chi connectivity index (χ3v) is 12.6. The van der Waals surface area contributed by atoms with Gasteiger partial charge < -0.3 is 0 Å². The molecule has 7 rings (SSSR count). The Balaban J connectivity index is 0.000000590. The Morgan fingerprint density at radius 3 is 1.35 bits per heavy atom. The molecular formula is C42H54Si. The molecule has 1 aliphatic heterocycles. The molecule has 1 heteroatoms. The van der Waals surface area contributed by atoms with Gasteiger partial charge in [-0.3, -0.25) is 0 Å². The molecule has 0 atom stereocenters. The monoisotopic (exact) mass is 586 g/mol. The summed E-state index contributed by atoms with van der Waals surface area (Å²) in [4.78, 5) is 0. The molecule has 0 amide bonds. The minimum atomic E-state index is -2.42. The maximum atomic E-state index is 2.59. The number of benzene rings is 5. The van der Waals surface area contributed by atoms with Crippen molar-refractivity contribution in [1.82, 2.24) is 0 Å². The molecule has 0 aromatic heterocycles. The SMILES string of the molecule is CC.CC.CC.CC.CC.c1ccc([Si]2(c3ccccc3)c3ccccc3Cc3cc4c(cc32)Cc2ccccc2-4)cc1. The Labute approximate surface area is 264 Å². The fourth-order valence-electron chi connectivity index (χ4n) is 6.28. The van der Waals surface area contributed by atoms with Crippen molar-refractivity contribution in [3.63, 3.8) is 0 Å². The highest BCUT2D eigenvalue weighted by Gasteiger charge is 2.46. The Morgan fingerprint density at radius 1 is 0.349 bits per heavy atom. The van der Waals surface area contributed by atoms with Crippen LogP contribution in [0.2, 0.25) is 0 Å². The first kappa shape index (κ1) is 35.5. The lowest BCUT2D eigenvalue weighted by atomic mass is 9.98. The second-order valence-corrected chi connectivity index (χ2v) is 13.0. The lowest BCUT2D eigenvalue weighted by molar-refractivity contribution is 1.19. The van der Waals surface area contributed by atoms with Crippen molar-refractivity contribution in [2.75, 3.05) is 0 Å². The molecule has 226 valence electrons. The topological polar surface area (TPSA) is 0 Å². The van der Waals surface area contributed by atoms with Crippen LogP contribution in [0.3, 0.4) is 0 Å². The van der Waals surface area contributed by atoms with Gasteiger partial charge in [0, 0.05) is 0 Å². The quantitative estimate of drug-likeness (QED) is 0.177. The molecule has 0 spiro atoms. The Morgan fingerprint density at radius 2 is 0.791 bits per heavy atom. The van der Waals surface area contributed by atoms with Crippen LogP contribution in [0.25, 0.3) is 11.1 Å². The van der Waals surface area contributed by atoms with E-state index in [4.69, 9.17) is 0 Å². The predicted octanol–water partition coefficient (Wildman–Crippen LogP) is 9.67. The molecule has 43 heavy (non-hydrogen) atoms. The molecule has 0 radical (unpaired) electrons. The standard InChI is InChI=1S/C32H24Si.5C2H6/c1-3-13-27(14-4-1)33(28-15-5-2-6-16-28)31-18-10-8-12-24(31)20-26-21-30-25(22-32(26)33)19-23-11-7-9-17-29(23)30;5*1-2/h1-18,21-22H,19-20H2;5*1-2H3. The van der Waals surface area contributed by atoms with Gasteiger partial charge in [-0.1, -0.05) is 191 Å². The first-order valence-electron chi connectivity index (χ1n) is 16.8. The fourth-order valence-corrected chi connectivity index (χ4v) is 11.6. The largest absolute Gasteiger partial charge is 0.180 e. The van der Waals surface area contributed by atoms with Crippen LogP contribution in [-0.4, -0.2) is 8.07 Å². The molecule has 2 aliphatic rings. The molecule has 1 heterocycles. The minimum absolute atomic E-state index is 1.01. The van der Waals surface area contributed by atoms with Crippen molar-refractivity contribution in [3.8, 4) is 11.1 Å². The van der Waals surface area contributed by atoms with Gasteiger partial charge >= 0.3 is 0 Å². The van der Waals surface area contributed by atoms with E-state index in [1.165, 1.54) is 43.8 Å². The van der Waals surface area contributed by atoms with Crippen molar-refractivity contribution in [2.24, 2.45) is 0 Å². The number of fused-ring (bicyclic) bond motifs is 5. The zero-order valence-electron chi connectivity index (χ0n) is 28.5. The van der Waals surface area contributed by atoms with Crippen LogP contribution in [0.15, 0.2) is 121 Å². The Kier molecular flexibility index (Phi) is 14.9. The van der Waals surface area contributed by atoms with E-state index in [0.717, 1.165) is 12.8 Å². The zero-order chi connectivity index (χ0) is 31.8. The van der Waals surface area contributed by atoms with Gasteiger partial charge in [0.15, 0.2) is 8.07 Å². The molecular weight excluding hydrogens is 533 g/mol. The molecule has 0 fully saturated rings. The molecule has 5 aromatic carbocycles. The van der Waals surface area contributed by atoms with Crippen LogP contribution < -0.4 is 20.7 Å². The maximum absolute atomic E-state index is 2.59. The fraction of sp³-hybridized carbons (Fsp3) is 0.286. The molecule has 0 N–H and O–H groups in total. The van der Waals surface area contributed by atoms with Gasteiger partial charge in [-0.2, -0.15) is 0 Å². The van der Waals surface area contributed by atoms with Gasteiger partial charge in [-0.25, -0.2) is 0 Å². The first-order valence-corrected chi connectivity index (χ1v) is 18.8. The van der Waals surface area contributed by atoms with E-state index in [-0.39, 0.29) is 0 Å². The van der Waals surface area contributed by atoms with Crippen LogP contribution >= 0.6 is 0 Å². The van der Waals surface area contributed by atoms with Crippen molar-refractivity contribution in [1.29, 1.82) is 0 Å². The highest BCUT2D eigenvalue weighted by Crippen LogP contribution is 2.38. The Hall–Kier alpha value is -3.68. The van der Waals surface area contributed by atoms with Crippen LogP contribution in [0.5, 0.6) is 0 Å². The average Bonchev–Trinajstić information content (AvgIpc) is 3.49. The smallest absolute Gasteiger partial charge is 0.0683 e. The predicted molar refractivity (Wildman–Crippen MR) is 198 cm³/mol. The van der Waals surface area contributed by atoms with Crippen LogP contribution in [0.1, 0.15) is 91.5 Å². The third kappa shape index (κ3) is 6.78. The van der Waals surface area contributed by atoms with Gasteiger partial charge in [0.2, 0.25) is 0 Å². The van der Waals surface area contributed by atoms with Crippen molar-refractivity contribution < 1.29 is 0 Å². The number of hydrogen-bond donors (Lipinski definition) is 0. The minimum Gasteiger partial charge on any atom is -0.0683 e. The summed E-state index contributed by atoms with van der Waals surface area (Å²) in [6, 6.07) is 45.9. The molecule has 5 aromatic rings. The third-order valence-electron chi connectivity index (χ3n) is 7.64. The lowest BCUT2D eigenvalue weighted by Crippen LogP contribution is -2.77. The summed E-state index contributed by atoms with van der Waals surface area (Å²) >= 11 is 0. The molecule has 0 saturated heterocycles.